The summed E-state index contributed by atoms with van der Waals surface area (Å²) in [5.41, 5.74) is 3.36. The van der Waals surface area contributed by atoms with Crippen LogP contribution in [0, 0.1) is 11.3 Å². The minimum Gasteiger partial charge on any atom is -0.342 e. The Morgan fingerprint density at radius 3 is 2.42 bits per heavy atom. The van der Waals surface area contributed by atoms with Gasteiger partial charge < -0.3 is 10.2 Å². The molecule has 1 heterocycles. The molecule has 0 bridgehead atoms. The number of nitrogens with one attached hydrogen (secondary N) is 1. The molecule has 0 unspecified atom stereocenters. The smallest absolute Gasteiger partial charge is 0.227 e. The van der Waals surface area contributed by atoms with Gasteiger partial charge in [0.05, 0.1) is 0 Å². The van der Waals surface area contributed by atoms with Crippen LogP contribution in [-0.4, -0.2) is 29.8 Å². The van der Waals surface area contributed by atoms with Crippen molar-refractivity contribution in [2.45, 2.75) is 52.9 Å². The second-order valence-corrected chi connectivity index (χ2v) is 8.14. The predicted octanol–water partition coefficient (Wildman–Crippen LogP) is 3.40. The predicted molar refractivity (Wildman–Crippen MR) is 95.9 cm³/mol. The monoisotopic (exact) mass is 328 g/mol. The summed E-state index contributed by atoms with van der Waals surface area (Å²) in [5, 5.41) is 3.07. The number of rotatable bonds is 2. The van der Waals surface area contributed by atoms with E-state index in [1.807, 2.05) is 31.7 Å². The fraction of sp³-hybridized carbons (Fsp3) is 0.600. The number of carbonyl (C=O) groups is 2. The van der Waals surface area contributed by atoms with Crippen molar-refractivity contribution in [1.29, 1.82) is 0 Å². The van der Waals surface area contributed by atoms with Crippen LogP contribution in [-0.2, 0) is 22.4 Å². The Kier molecular flexibility index (Phi) is 4.66. The molecule has 0 aromatic heterocycles. The summed E-state index contributed by atoms with van der Waals surface area (Å²) in [5.74, 6) is 0.276. The molecule has 1 aliphatic carbocycles. The number of amides is 2. The SMILES string of the molecule is CC(C)(C)C(=O)N1CCC(C(=O)Nc2ccc3c(c2)CCC3)CC1. The molecular weight excluding hydrogens is 300 g/mol. The van der Waals surface area contributed by atoms with Crippen LogP contribution in [0.5, 0.6) is 0 Å². The lowest BCUT2D eigenvalue weighted by Crippen LogP contribution is -2.45. The lowest BCUT2D eigenvalue weighted by molar-refractivity contribution is -0.142. The zero-order valence-corrected chi connectivity index (χ0v) is 15.0. The molecule has 0 atom stereocenters. The first-order chi connectivity index (χ1) is 11.3. The van der Waals surface area contributed by atoms with Crippen LogP contribution in [0.15, 0.2) is 18.2 Å². The van der Waals surface area contributed by atoms with Gasteiger partial charge in [0, 0.05) is 30.1 Å². The minimum absolute atomic E-state index is 0.00210. The van der Waals surface area contributed by atoms with E-state index in [1.165, 1.54) is 17.5 Å². The van der Waals surface area contributed by atoms with Crippen LogP contribution in [0.2, 0.25) is 0 Å². The van der Waals surface area contributed by atoms with Gasteiger partial charge in [0.15, 0.2) is 0 Å². The molecule has 2 amide bonds. The van der Waals surface area contributed by atoms with Crippen LogP contribution in [0.3, 0.4) is 0 Å². The lowest BCUT2D eigenvalue weighted by Gasteiger charge is -2.35. The van der Waals surface area contributed by atoms with Crippen molar-refractivity contribution < 1.29 is 9.59 Å². The minimum atomic E-state index is -0.348. The van der Waals surface area contributed by atoms with Crippen LogP contribution in [0.1, 0.15) is 51.2 Å². The summed E-state index contributed by atoms with van der Waals surface area (Å²) in [6, 6.07) is 6.28. The van der Waals surface area contributed by atoms with Crippen LogP contribution in [0.4, 0.5) is 5.69 Å². The molecule has 130 valence electrons. The molecule has 2 aliphatic rings. The molecule has 1 aromatic carbocycles. The maximum Gasteiger partial charge on any atom is 0.227 e. The normalized spacial score (nSPS) is 18.4. The van der Waals surface area contributed by atoms with E-state index >= 15 is 0 Å². The Labute approximate surface area is 144 Å². The van der Waals surface area contributed by atoms with Crippen molar-refractivity contribution >= 4 is 17.5 Å². The second kappa shape index (κ2) is 6.58. The summed E-state index contributed by atoms with van der Waals surface area (Å²) < 4.78 is 0. The number of anilines is 1. The van der Waals surface area contributed by atoms with Crippen LogP contribution in [0.25, 0.3) is 0 Å². The molecule has 0 saturated carbocycles. The first kappa shape index (κ1) is 17.0. The zero-order valence-electron chi connectivity index (χ0n) is 15.0. The van der Waals surface area contributed by atoms with Crippen molar-refractivity contribution in [3.8, 4) is 0 Å². The maximum atomic E-state index is 12.5. The molecule has 1 saturated heterocycles. The Balaban J connectivity index is 1.55. The third kappa shape index (κ3) is 3.63. The number of likely N-dealkylation sites (tertiary alicyclic amines) is 1. The fourth-order valence-corrected chi connectivity index (χ4v) is 3.71. The standard InChI is InChI=1S/C20H28N2O2/c1-20(2,3)19(24)22-11-9-15(10-12-22)18(23)21-17-8-7-14-5-4-6-16(14)13-17/h7-8,13,15H,4-6,9-12H2,1-3H3,(H,21,23). The van der Waals surface area contributed by atoms with Gasteiger partial charge in [0.25, 0.3) is 0 Å². The van der Waals surface area contributed by atoms with E-state index in [-0.39, 0.29) is 23.1 Å². The highest BCUT2D eigenvalue weighted by Gasteiger charge is 2.32. The first-order valence-electron chi connectivity index (χ1n) is 9.06. The molecule has 4 heteroatoms. The molecule has 4 nitrogen and oxygen atoms in total. The molecule has 1 N–H and O–H groups in total. The van der Waals surface area contributed by atoms with E-state index in [9.17, 15) is 9.59 Å². The van der Waals surface area contributed by atoms with E-state index in [1.54, 1.807) is 0 Å². The highest BCUT2D eigenvalue weighted by Crippen LogP contribution is 2.27. The molecule has 1 fully saturated rings. The lowest BCUT2D eigenvalue weighted by atomic mass is 9.90. The van der Waals surface area contributed by atoms with E-state index in [0.29, 0.717) is 13.1 Å². The van der Waals surface area contributed by atoms with E-state index in [0.717, 1.165) is 31.4 Å². The Bertz CT molecular complexity index is 638. The quantitative estimate of drug-likeness (QED) is 0.904. The average Bonchev–Trinajstić information content (AvgIpc) is 3.01. The third-order valence-electron chi connectivity index (χ3n) is 5.16. The van der Waals surface area contributed by atoms with Crippen LogP contribution < -0.4 is 5.32 Å². The van der Waals surface area contributed by atoms with Gasteiger partial charge in [-0.2, -0.15) is 0 Å². The largest absolute Gasteiger partial charge is 0.342 e. The summed E-state index contributed by atoms with van der Waals surface area (Å²) in [4.78, 5) is 26.7. The highest BCUT2D eigenvalue weighted by atomic mass is 16.2. The van der Waals surface area contributed by atoms with E-state index < -0.39 is 0 Å². The zero-order chi connectivity index (χ0) is 17.3. The van der Waals surface area contributed by atoms with Crippen molar-refractivity contribution in [2.24, 2.45) is 11.3 Å². The number of aryl methyl sites for hydroxylation is 2. The van der Waals surface area contributed by atoms with Gasteiger partial charge in [-0.3, -0.25) is 9.59 Å². The number of carbonyl (C=O) groups excluding carboxylic acids is 2. The second-order valence-electron chi connectivity index (χ2n) is 8.14. The molecule has 3 rings (SSSR count). The Morgan fingerprint density at radius 1 is 1.08 bits per heavy atom. The molecule has 0 radical (unpaired) electrons. The van der Waals surface area contributed by atoms with E-state index in [2.05, 4.69) is 17.4 Å². The maximum absolute atomic E-state index is 12.5. The summed E-state index contributed by atoms with van der Waals surface area (Å²) >= 11 is 0. The number of benzene rings is 1. The highest BCUT2D eigenvalue weighted by molar-refractivity contribution is 5.93. The van der Waals surface area contributed by atoms with Crippen molar-refractivity contribution in [3.05, 3.63) is 29.3 Å². The van der Waals surface area contributed by atoms with Gasteiger partial charge in [0.2, 0.25) is 11.8 Å². The number of hydrogen-bond donors (Lipinski definition) is 1. The first-order valence-corrected chi connectivity index (χ1v) is 9.06. The van der Waals surface area contributed by atoms with Gasteiger partial charge in [-0.25, -0.2) is 0 Å². The number of nitrogens with zero attached hydrogens (tertiary/aromatic N) is 1. The Morgan fingerprint density at radius 2 is 1.75 bits per heavy atom. The van der Waals surface area contributed by atoms with Gasteiger partial charge in [-0.05, 0) is 55.4 Å². The third-order valence-corrected chi connectivity index (χ3v) is 5.16. The number of piperidine rings is 1. The molecule has 1 aromatic rings. The molecule has 1 aliphatic heterocycles. The van der Waals surface area contributed by atoms with E-state index in [4.69, 9.17) is 0 Å². The van der Waals surface area contributed by atoms with Crippen molar-refractivity contribution in [2.75, 3.05) is 18.4 Å². The van der Waals surface area contributed by atoms with Gasteiger partial charge in [-0.1, -0.05) is 26.8 Å². The van der Waals surface area contributed by atoms with Gasteiger partial charge in [-0.15, -0.1) is 0 Å². The fourth-order valence-electron chi connectivity index (χ4n) is 3.71. The van der Waals surface area contributed by atoms with Crippen molar-refractivity contribution in [1.82, 2.24) is 4.90 Å². The van der Waals surface area contributed by atoms with Gasteiger partial charge >= 0.3 is 0 Å². The topological polar surface area (TPSA) is 49.4 Å². The summed E-state index contributed by atoms with van der Waals surface area (Å²) in [6.45, 7) is 7.20. The number of hydrogen-bond acceptors (Lipinski definition) is 2. The summed E-state index contributed by atoms with van der Waals surface area (Å²) in [7, 11) is 0. The molecule has 0 spiro atoms. The average molecular weight is 328 g/mol. The summed E-state index contributed by atoms with van der Waals surface area (Å²) in [6.07, 6.45) is 4.99. The van der Waals surface area contributed by atoms with Gasteiger partial charge in [0.1, 0.15) is 0 Å². The Hall–Kier alpha value is -1.84. The molecular formula is C20H28N2O2. The number of fused-ring (bicyclic) bond motifs is 1. The van der Waals surface area contributed by atoms with Crippen LogP contribution >= 0.6 is 0 Å². The van der Waals surface area contributed by atoms with Crippen molar-refractivity contribution in [3.63, 3.8) is 0 Å². The molecule has 24 heavy (non-hydrogen) atoms.